The number of ether oxygens (including phenoxy) is 3. The Morgan fingerprint density at radius 3 is 1.42 bits per heavy atom. The maximum atomic E-state index is 13.8. The zero-order chi connectivity index (χ0) is 97.3. The summed E-state index contributed by atoms with van der Waals surface area (Å²) in [7, 11) is -11.4. The van der Waals surface area contributed by atoms with Crippen molar-refractivity contribution in [2.24, 2.45) is 32.1 Å². The zero-order valence-corrected chi connectivity index (χ0v) is 74.6. The molecule has 3 aromatic heterocycles. The molecule has 18 N–H and O–H groups in total. The number of amides is 4. The van der Waals surface area contributed by atoms with Gasteiger partial charge in [-0.25, -0.2) is 42.5 Å². The van der Waals surface area contributed by atoms with Crippen LogP contribution in [-0.2, 0) is 92.7 Å². The number of nitrogens with one attached hydrogen (secondary N) is 8. The van der Waals surface area contributed by atoms with Gasteiger partial charge >= 0.3 is 24.4 Å². The second-order valence-electron chi connectivity index (χ2n) is 29.6. The number of aryl methyl sites for hydroxylation is 5. The molecule has 2 unspecified atom stereocenters. The van der Waals surface area contributed by atoms with Crippen LogP contribution in [0.2, 0.25) is 0 Å². The van der Waals surface area contributed by atoms with Crippen molar-refractivity contribution in [2.75, 3.05) is 35.4 Å². The molecule has 4 amide bonds. The number of nitrogens with two attached hydrogens (primary N) is 5. The minimum absolute atomic E-state index is 0.0950. The second kappa shape index (κ2) is 42.6. The number of alkyl halides is 6. The molecule has 0 spiro atoms. The number of amidine groups is 3. The number of benzene rings is 10. The lowest BCUT2D eigenvalue weighted by atomic mass is 9.98. The van der Waals surface area contributed by atoms with E-state index in [0.29, 0.717) is 104 Å². The van der Waals surface area contributed by atoms with Crippen molar-refractivity contribution < 1.29 is 113 Å². The summed E-state index contributed by atoms with van der Waals surface area (Å²) in [5.74, 6) is -2.66. The topological polar surface area (TPSA) is 536 Å². The third-order valence-electron chi connectivity index (χ3n) is 19.9. The Balaban J connectivity index is 0.000000194. The molecule has 3 atom stereocenters. The van der Waals surface area contributed by atoms with Crippen LogP contribution >= 0.6 is 0 Å². The molecule has 702 valence electrons. The predicted octanol–water partition coefficient (Wildman–Crippen LogP) is 14.7. The number of nitrogen functional groups attached to an aromatic ring is 1. The van der Waals surface area contributed by atoms with Gasteiger partial charge in [0.05, 0.1) is 47.8 Å². The van der Waals surface area contributed by atoms with E-state index in [-0.39, 0.29) is 52.6 Å². The van der Waals surface area contributed by atoms with E-state index in [9.17, 15) is 75.6 Å². The van der Waals surface area contributed by atoms with Crippen LogP contribution in [-0.4, -0.2) is 86.3 Å². The molecular weight excluding hydrogens is 1820 g/mol. The maximum Gasteiger partial charge on any atom is 0.418 e. The van der Waals surface area contributed by atoms with E-state index in [1.807, 2.05) is 75.7 Å². The highest BCUT2D eigenvalue weighted by Gasteiger charge is 2.39. The molecule has 0 saturated carbocycles. The molecule has 43 heteroatoms. The highest BCUT2D eigenvalue weighted by atomic mass is 32.2. The van der Waals surface area contributed by atoms with Crippen LogP contribution in [0.4, 0.5) is 53.9 Å². The van der Waals surface area contributed by atoms with E-state index in [2.05, 4.69) is 41.1 Å². The highest BCUT2D eigenvalue weighted by molar-refractivity contribution is 7.90. The average Bonchev–Trinajstić information content (AvgIpc) is 1.64. The number of sulfonamides is 1. The quantitative estimate of drug-likeness (QED) is 0.00479. The Morgan fingerprint density at radius 1 is 0.507 bits per heavy atom. The van der Waals surface area contributed by atoms with Gasteiger partial charge in [0.15, 0.2) is 23.0 Å². The van der Waals surface area contributed by atoms with Crippen LogP contribution < -0.4 is 77.1 Å². The molecule has 13 aromatic rings. The fourth-order valence-electron chi connectivity index (χ4n) is 13.3. The van der Waals surface area contributed by atoms with Crippen molar-refractivity contribution in [3.63, 3.8) is 0 Å². The lowest BCUT2D eigenvalue weighted by Crippen LogP contribution is -2.41. The lowest BCUT2D eigenvalue weighted by Gasteiger charge is -2.21. The van der Waals surface area contributed by atoms with Gasteiger partial charge in [-0.3, -0.25) is 25.1 Å². The Hall–Kier alpha value is -15.5. The molecule has 3 heterocycles. The van der Waals surface area contributed by atoms with Crippen molar-refractivity contribution in [1.29, 1.82) is 5.41 Å². The van der Waals surface area contributed by atoms with E-state index >= 15 is 0 Å². The van der Waals surface area contributed by atoms with E-state index in [0.717, 1.165) is 50.3 Å². The smallest absolute Gasteiger partial charge is 0.418 e. The predicted molar refractivity (Wildman–Crippen MR) is 488 cm³/mol. The first-order chi connectivity index (χ1) is 63.4. The lowest BCUT2D eigenvalue weighted by molar-refractivity contribution is -0.143. The number of methoxy groups -OCH3 is 1. The fourth-order valence-corrected chi connectivity index (χ4v) is 15.1. The number of nitrogens with zero attached hydrogens (tertiary/aromatic N) is 2. The summed E-state index contributed by atoms with van der Waals surface area (Å²) in [6.45, 7) is 11.8. The van der Waals surface area contributed by atoms with Crippen molar-refractivity contribution in [3.05, 3.63) is 308 Å². The minimum atomic E-state index is -5.18. The Kier molecular flexibility index (Phi) is 31.5. The van der Waals surface area contributed by atoms with Gasteiger partial charge < -0.3 is 70.3 Å². The van der Waals surface area contributed by atoms with Crippen LogP contribution in [0.25, 0.3) is 32.9 Å². The van der Waals surface area contributed by atoms with Crippen LogP contribution in [0.5, 0.6) is 17.2 Å². The summed E-state index contributed by atoms with van der Waals surface area (Å²) in [5, 5.41) is 39.4. The number of carbonyl (C=O) groups excluding carboxylic acids is 5. The van der Waals surface area contributed by atoms with Crippen LogP contribution in [0.1, 0.15) is 134 Å². The maximum absolute atomic E-state index is 13.8. The van der Waals surface area contributed by atoms with Crippen molar-refractivity contribution >= 4 is 133 Å². The van der Waals surface area contributed by atoms with Gasteiger partial charge in [-0.1, -0.05) is 61.4 Å². The number of hydrogen-bond donors (Lipinski definition) is 13. The molecule has 0 aliphatic rings. The van der Waals surface area contributed by atoms with Crippen molar-refractivity contribution in [3.8, 4) is 17.2 Å². The third-order valence-corrected chi connectivity index (χ3v) is 22.3. The SMILES string of the molecule is CCOc1cc([C@@H](Nc2ccc(C(=N)NC(=O)Oc3ccccc3)cc2)C(=O)NS(=O)(=O)c2ccc(N)cc2)cc2cc(CC)oc12.CCc1cc(C(Nc2ccc(/C(N)=N\OCc3ccc(OC)cc3)cc2)C(=O)NS(N)(=O)=O)cc2c(C)coc12.CCc1cc(C(Nc2ccc(C(N)=NOC(=O)c3cc(C(F)(F)F)cc(C(F)(F)F)c3)cc2)C(=O)NS(N)(=O)=O)cc2c(C)coc12. The monoisotopic (exact) mass is 1910 g/mol. The second-order valence-corrected chi connectivity index (χ2v) is 33.8. The number of hydrogen-bond acceptors (Lipinski definition) is 26. The van der Waals surface area contributed by atoms with Gasteiger partial charge in [-0.15, -0.1) is 0 Å². The number of rotatable bonds is 31. The van der Waals surface area contributed by atoms with Crippen molar-refractivity contribution in [2.45, 2.75) is 103 Å². The first-order valence-electron chi connectivity index (χ1n) is 40.4. The summed E-state index contributed by atoms with van der Waals surface area (Å²) in [6.07, 6.45) is -6.20. The number of halogens is 6. The normalized spacial score (nSPS) is 12.6. The Bertz CT molecular complexity index is 6900. The van der Waals surface area contributed by atoms with Gasteiger partial charge in [0.1, 0.15) is 59.0 Å². The molecule has 0 aliphatic carbocycles. The molecule has 13 rings (SSSR count). The van der Waals surface area contributed by atoms with E-state index in [4.69, 9.17) is 65.2 Å². The molecule has 34 nitrogen and oxygen atoms in total. The van der Waals surface area contributed by atoms with Gasteiger partial charge in [0, 0.05) is 62.0 Å². The van der Waals surface area contributed by atoms with E-state index in [1.165, 1.54) is 48.5 Å². The molecule has 0 radical (unpaired) electrons. The summed E-state index contributed by atoms with van der Waals surface area (Å²) in [5.41, 5.74) is 23.1. The van der Waals surface area contributed by atoms with E-state index in [1.54, 1.807) is 140 Å². The van der Waals surface area contributed by atoms with Gasteiger partial charge in [-0.2, -0.15) is 43.2 Å². The van der Waals surface area contributed by atoms with Crippen LogP contribution in [0.3, 0.4) is 0 Å². The van der Waals surface area contributed by atoms with Crippen molar-refractivity contribution in [1.82, 2.24) is 19.5 Å². The highest BCUT2D eigenvalue weighted by Crippen LogP contribution is 2.40. The number of anilines is 4. The summed E-state index contributed by atoms with van der Waals surface area (Å²) < 4.78 is 191. The summed E-state index contributed by atoms with van der Waals surface area (Å²) in [4.78, 5) is 74.2. The van der Waals surface area contributed by atoms with Gasteiger partial charge in [0.2, 0.25) is 0 Å². The first-order valence-corrected chi connectivity index (χ1v) is 44.9. The number of carbonyl (C=O) groups is 5. The van der Waals surface area contributed by atoms with E-state index < -0.39 is 113 Å². The molecule has 0 fully saturated rings. The van der Waals surface area contributed by atoms with Crippen LogP contribution in [0.15, 0.2) is 253 Å². The molecule has 134 heavy (non-hydrogen) atoms. The number of furan rings is 3. The molecule has 0 bridgehead atoms. The fraction of sp³-hybridized carbons (Fsp3) is 0.187. The Morgan fingerprint density at radius 2 is 0.970 bits per heavy atom. The largest absolute Gasteiger partial charge is 0.497 e. The first kappa shape index (κ1) is 99.1. The van der Waals surface area contributed by atoms with Crippen LogP contribution in [0, 0.1) is 19.3 Å². The molecule has 0 aliphatic heterocycles. The average molecular weight is 1910 g/mol. The number of fused-ring (bicyclic) bond motifs is 3. The standard InChI is InChI=1S/C34H33N5O7S.C29H25F6N5O6S.C28H31N5O6S/c1-3-26-19-23-18-22(20-29(44-4-2)31(23)45-26)30(33(40)39-47(42,43)28-16-12-24(35)13-17-28)37-25-14-10-21(11-15-25)32(36)38-34(41)46-27-8-6-5-7-9-27;1-3-15-8-17(11-22-14(2)13-45-24(15)22)23(26(41)40-47(37,43)44)38-21-6-4-16(5-7-21)25(36)39-46-27(42)18-9-19(28(30,31)32)12-20(10-18)29(33,34)35;1-4-19-13-21(14-24-17(2)15-38-26(19)24)25(28(34)33-40(30,35)36)31-22-9-7-20(8-10-22)27(29)32-39-16-18-5-11-23(37-3)12-6-18/h5-20,30,37H,3-4,35H2,1-2H3,(H,39,40)(H2,36,38,41);4-13,23,38H,3H2,1-2H3,(H2,36,39)(H,40,41)(H2,37,43,44);5-15,25,31H,4,16H2,1-3H3,(H2,29,32)(H,33,34)(H2,30,35,36)/t30-;;/m1../s1. The summed E-state index contributed by atoms with van der Waals surface area (Å²) >= 11 is 0. The minimum Gasteiger partial charge on any atom is -0.497 e. The molecule has 10 aromatic carbocycles. The number of para-hydroxylation sites is 1. The Labute approximate surface area is 762 Å². The van der Waals surface area contributed by atoms with Gasteiger partial charge in [0.25, 0.3) is 48.2 Å². The molecule has 0 saturated heterocycles. The third kappa shape index (κ3) is 26.2. The number of oxime groups is 2. The van der Waals surface area contributed by atoms with Gasteiger partial charge in [-0.05, 0) is 260 Å². The summed E-state index contributed by atoms with van der Waals surface area (Å²) in [6, 6.07) is 48.6. The zero-order valence-electron chi connectivity index (χ0n) is 72.2. The molecular formula is C91H89F6N15O19S3.